The summed E-state index contributed by atoms with van der Waals surface area (Å²) in [5, 5.41) is 3.77. The van der Waals surface area contributed by atoms with Crippen molar-refractivity contribution in [3.63, 3.8) is 0 Å². The van der Waals surface area contributed by atoms with Crippen LogP contribution in [0.2, 0.25) is 0 Å². The van der Waals surface area contributed by atoms with Gasteiger partial charge in [0.1, 0.15) is 30.0 Å². The van der Waals surface area contributed by atoms with Crippen molar-refractivity contribution in [2.45, 2.75) is 57.3 Å². The van der Waals surface area contributed by atoms with Crippen LogP contribution in [0.4, 0.5) is 19.0 Å². The van der Waals surface area contributed by atoms with Crippen LogP contribution in [-0.4, -0.2) is 58.0 Å². The van der Waals surface area contributed by atoms with E-state index in [1.165, 1.54) is 18.2 Å². The zero-order valence-corrected chi connectivity index (χ0v) is 15.9. The van der Waals surface area contributed by atoms with E-state index < -0.39 is 24.6 Å². The first-order chi connectivity index (χ1) is 13.7. The molecule has 156 valence electrons. The first kappa shape index (κ1) is 19.7. The van der Waals surface area contributed by atoms with E-state index in [0.717, 1.165) is 24.0 Å². The van der Waals surface area contributed by atoms with Gasteiger partial charge >= 0.3 is 6.36 Å². The number of ether oxygens (including phenoxy) is 2. The molecule has 2 heterocycles. The van der Waals surface area contributed by atoms with Crippen LogP contribution in [0.3, 0.4) is 0 Å². The molecule has 10 heteroatoms. The lowest BCUT2D eigenvalue weighted by Crippen LogP contribution is -2.64. The molecule has 0 radical (unpaired) electrons. The van der Waals surface area contributed by atoms with E-state index in [2.05, 4.69) is 20.0 Å². The Morgan fingerprint density at radius 1 is 1.31 bits per heavy atom. The molecular formula is C19H21F3N4O3. The normalized spacial score (nSPS) is 22.9. The Morgan fingerprint density at radius 3 is 2.72 bits per heavy atom. The molecule has 1 amide bonds. The predicted molar refractivity (Wildman–Crippen MR) is 98.4 cm³/mol. The largest absolute Gasteiger partial charge is 0.522 e. The average molecular weight is 410 g/mol. The fraction of sp³-hybridized carbons (Fsp3) is 0.526. The van der Waals surface area contributed by atoms with Gasteiger partial charge in [-0.15, -0.1) is 13.2 Å². The number of benzene rings is 1. The van der Waals surface area contributed by atoms with Crippen molar-refractivity contribution >= 4 is 22.6 Å². The molecular weight excluding hydrogens is 389 g/mol. The summed E-state index contributed by atoms with van der Waals surface area (Å²) >= 11 is 0. The van der Waals surface area contributed by atoms with Crippen LogP contribution >= 0.6 is 0 Å². The molecule has 1 aromatic carbocycles. The highest BCUT2D eigenvalue weighted by molar-refractivity contribution is 5.92. The molecule has 1 saturated carbocycles. The van der Waals surface area contributed by atoms with Crippen molar-refractivity contribution in [3.8, 4) is 5.75 Å². The summed E-state index contributed by atoms with van der Waals surface area (Å²) < 4.78 is 46.9. The summed E-state index contributed by atoms with van der Waals surface area (Å²) in [6, 6.07) is 4.15. The van der Waals surface area contributed by atoms with Gasteiger partial charge in [-0.3, -0.25) is 9.53 Å². The molecule has 29 heavy (non-hydrogen) atoms. The van der Waals surface area contributed by atoms with Crippen LogP contribution < -0.4 is 10.1 Å². The van der Waals surface area contributed by atoms with E-state index >= 15 is 0 Å². The number of hydrogen-bond acceptors (Lipinski definition) is 6. The fourth-order valence-corrected chi connectivity index (χ4v) is 3.29. The maximum absolute atomic E-state index is 12.6. The molecule has 1 N–H and O–H groups in total. The second kappa shape index (κ2) is 7.33. The highest BCUT2D eigenvalue weighted by Crippen LogP contribution is 2.31. The van der Waals surface area contributed by atoms with Crippen molar-refractivity contribution in [2.24, 2.45) is 0 Å². The van der Waals surface area contributed by atoms with Gasteiger partial charge < -0.3 is 15.0 Å². The Bertz CT molecular complexity index is 919. The summed E-state index contributed by atoms with van der Waals surface area (Å²) in [6.45, 7) is 3.08. The van der Waals surface area contributed by atoms with Crippen molar-refractivity contribution < 1.29 is 27.4 Å². The number of carbonyl (C=O) groups excluding carboxylic acids is 1. The van der Waals surface area contributed by atoms with Crippen molar-refractivity contribution in [3.05, 3.63) is 24.5 Å². The van der Waals surface area contributed by atoms with Crippen LogP contribution in [0.15, 0.2) is 24.5 Å². The molecule has 1 aromatic heterocycles. The fourth-order valence-electron chi connectivity index (χ4n) is 3.29. The lowest BCUT2D eigenvalue weighted by atomic mass is 9.99. The van der Waals surface area contributed by atoms with E-state index in [0.29, 0.717) is 11.3 Å². The third-order valence-electron chi connectivity index (χ3n) is 5.13. The monoisotopic (exact) mass is 410 g/mol. The molecule has 0 spiro atoms. The highest BCUT2D eigenvalue weighted by atomic mass is 19.4. The molecule has 0 bridgehead atoms. The molecule has 2 aliphatic rings. The number of aromatic nitrogens is 2. The van der Waals surface area contributed by atoms with Gasteiger partial charge in [0, 0.05) is 18.0 Å². The minimum absolute atomic E-state index is 0.0993. The number of rotatable bonds is 6. The number of alkyl halides is 3. The van der Waals surface area contributed by atoms with Crippen molar-refractivity contribution in [1.82, 2.24) is 14.9 Å². The third-order valence-corrected chi connectivity index (χ3v) is 5.13. The minimum Gasteiger partial charge on any atom is -0.490 e. The summed E-state index contributed by atoms with van der Waals surface area (Å²) in [6.07, 6.45) is -1.98. The molecule has 2 fully saturated rings. The number of amides is 1. The number of nitrogens with zero attached hydrogens (tertiary/aromatic N) is 3. The van der Waals surface area contributed by atoms with Gasteiger partial charge in [-0.1, -0.05) is 0 Å². The zero-order valence-electron chi connectivity index (χ0n) is 15.9. The first-order valence-corrected chi connectivity index (χ1v) is 9.44. The van der Waals surface area contributed by atoms with Crippen LogP contribution in [0.5, 0.6) is 5.75 Å². The maximum atomic E-state index is 12.6. The van der Waals surface area contributed by atoms with Gasteiger partial charge in [-0.25, -0.2) is 9.97 Å². The Morgan fingerprint density at radius 2 is 2.07 bits per heavy atom. The Hall–Kier alpha value is -2.62. The summed E-state index contributed by atoms with van der Waals surface area (Å²) in [5.74, 6) is 0.893. The predicted octanol–water partition coefficient (Wildman–Crippen LogP) is 3.11. The van der Waals surface area contributed by atoms with Crippen LogP contribution in [0.25, 0.3) is 10.9 Å². The summed E-state index contributed by atoms with van der Waals surface area (Å²) in [7, 11) is 0. The van der Waals surface area contributed by atoms with E-state index in [-0.39, 0.29) is 18.6 Å². The SMILES string of the molecule is C[C@@H](Nc1ncnc2cc(OC3CC3)ccc12)C(=O)N1C[C@H](OC(F)(F)F)[C@@H]1C. The first-order valence-electron chi connectivity index (χ1n) is 9.44. The Labute approximate surface area is 165 Å². The summed E-state index contributed by atoms with van der Waals surface area (Å²) in [4.78, 5) is 22.5. The number of hydrogen-bond donors (Lipinski definition) is 1. The lowest BCUT2D eigenvalue weighted by molar-refractivity contribution is -0.359. The summed E-state index contributed by atoms with van der Waals surface area (Å²) in [5.41, 5.74) is 0.677. The second-order valence-corrected chi connectivity index (χ2v) is 7.42. The molecule has 2 aromatic rings. The van der Waals surface area contributed by atoms with Gasteiger partial charge in [0.15, 0.2) is 0 Å². The van der Waals surface area contributed by atoms with E-state index in [1.807, 2.05) is 18.2 Å². The second-order valence-electron chi connectivity index (χ2n) is 7.42. The minimum atomic E-state index is -4.71. The van der Waals surface area contributed by atoms with Gasteiger partial charge in [0.05, 0.1) is 17.7 Å². The van der Waals surface area contributed by atoms with E-state index in [9.17, 15) is 18.0 Å². The standard InChI is InChI=1S/C19H21F3N4O3/c1-10(18(27)26-8-16(11(26)2)29-19(20,21)22)25-17-14-6-5-13(28-12-3-4-12)7-15(14)23-9-24-17/h5-7,9-12,16H,3-4,8H2,1-2H3,(H,23,24,25)/t10-,11+,16+/m1/s1. The molecule has 1 saturated heterocycles. The smallest absolute Gasteiger partial charge is 0.490 e. The van der Waals surface area contributed by atoms with Crippen LogP contribution in [0, 0.1) is 0 Å². The molecule has 3 atom stereocenters. The molecule has 1 aliphatic heterocycles. The molecule has 1 aliphatic carbocycles. The molecule has 0 unspecified atom stereocenters. The number of anilines is 1. The Balaban J connectivity index is 1.42. The zero-order chi connectivity index (χ0) is 20.8. The molecule has 4 rings (SSSR count). The topological polar surface area (TPSA) is 76.6 Å². The number of likely N-dealkylation sites (tertiary alicyclic amines) is 1. The Kier molecular flexibility index (Phi) is 4.97. The van der Waals surface area contributed by atoms with Crippen LogP contribution in [-0.2, 0) is 9.53 Å². The average Bonchev–Trinajstić information content (AvgIpc) is 3.47. The number of nitrogens with one attached hydrogen (secondary N) is 1. The molecule has 7 nitrogen and oxygen atoms in total. The van der Waals surface area contributed by atoms with Gasteiger partial charge in [-0.2, -0.15) is 0 Å². The van der Waals surface area contributed by atoms with E-state index in [1.54, 1.807) is 6.92 Å². The maximum Gasteiger partial charge on any atom is 0.522 e. The number of fused-ring (bicyclic) bond motifs is 1. The van der Waals surface area contributed by atoms with Gasteiger partial charge in [0.25, 0.3) is 0 Å². The lowest BCUT2D eigenvalue weighted by Gasteiger charge is -2.46. The quantitative estimate of drug-likeness (QED) is 0.789. The van der Waals surface area contributed by atoms with Gasteiger partial charge in [0.2, 0.25) is 5.91 Å². The third kappa shape index (κ3) is 4.36. The van der Waals surface area contributed by atoms with Crippen molar-refractivity contribution in [1.29, 1.82) is 0 Å². The number of halogens is 3. The van der Waals surface area contributed by atoms with Crippen molar-refractivity contribution in [2.75, 3.05) is 11.9 Å². The van der Waals surface area contributed by atoms with E-state index in [4.69, 9.17) is 4.74 Å². The van der Waals surface area contributed by atoms with Gasteiger partial charge in [-0.05, 0) is 38.8 Å². The van der Waals surface area contributed by atoms with Crippen LogP contribution in [0.1, 0.15) is 26.7 Å². The number of carbonyl (C=O) groups is 1. The highest BCUT2D eigenvalue weighted by Gasteiger charge is 2.46.